The largest absolute Gasteiger partial charge is 0.350 e. The van der Waals surface area contributed by atoms with E-state index < -0.39 is 0 Å². The summed E-state index contributed by atoms with van der Waals surface area (Å²) in [6, 6.07) is 15.8. The zero-order valence-corrected chi connectivity index (χ0v) is 17.0. The number of carbonyl (C=O) groups is 1. The lowest BCUT2D eigenvalue weighted by Gasteiger charge is -2.47. The Morgan fingerprint density at radius 1 is 1.07 bits per heavy atom. The molecule has 152 valence electrons. The lowest BCUT2D eigenvalue weighted by atomic mass is 9.97. The van der Waals surface area contributed by atoms with E-state index in [9.17, 15) is 9.59 Å². The number of rotatable bonds is 5. The third-order valence-corrected chi connectivity index (χ3v) is 5.67. The van der Waals surface area contributed by atoms with E-state index in [1.54, 1.807) is 18.3 Å². The van der Waals surface area contributed by atoms with Crippen molar-refractivity contribution in [1.82, 2.24) is 24.0 Å². The molecular formula is C22H27N5O2. The number of aryl methyl sites for hydroxylation is 1. The Bertz CT molecular complexity index is 1050. The topological polar surface area (TPSA) is 62.9 Å². The third kappa shape index (κ3) is 4.10. The van der Waals surface area contributed by atoms with Gasteiger partial charge < -0.3 is 4.90 Å². The number of amides is 1. The molecule has 0 N–H and O–H groups in total. The van der Waals surface area contributed by atoms with Gasteiger partial charge in [-0.1, -0.05) is 36.4 Å². The Kier molecular flexibility index (Phi) is 5.24. The van der Waals surface area contributed by atoms with Crippen LogP contribution in [0, 0.1) is 0 Å². The van der Waals surface area contributed by atoms with Crippen LogP contribution < -0.4 is 5.69 Å². The first-order chi connectivity index (χ1) is 13.9. The van der Waals surface area contributed by atoms with Gasteiger partial charge in [-0.3, -0.25) is 14.1 Å². The number of piperazine rings is 1. The van der Waals surface area contributed by atoms with Gasteiger partial charge in [-0.25, -0.2) is 9.48 Å². The van der Waals surface area contributed by atoms with Gasteiger partial charge in [0, 0.05) is 44.3 Å². The molecule has 0 atom stereocenters. The predicted octanol–water partition coefficient (Wildman–Crippen LogP) is 2.01. The van der Waals surface area contributed by atoms with Crippen molar-refractivity contribution >= 4 is 11.6 Å². The molecule has 0 aliphatic carbocycles. The van der Waals surface area contributed by atoms with Crippen molar-refractivity contribution < 1.29 is 4.79 Å². The number of fused-ring (bicyclic) bond motifs is 1. The van der Waals surface area contributed by atoms with Crippen LogP contribution in [0.3, 0.4) is 0 Å². The highest BCUT2D eigenvalue weighted by molar-refractivity contribution is 5.76. The first-order valence-corrected chi connectivity index (χ1v) is 10.0. The van der Waals surface area contributed by atoms with Crippen LogP contribution in [0.5, 0.6) is 0 Å². The number of hydrogen-bond acceptors (Lipinski definition) is 4. The lowest BCUT2D eigenvalue weighted by Crippen LogP contribution is -2.60. The number of carbonyl (C=O) groups excluding carboxylic acids is 1. The fraction of sp³-hybridized carbons (Fsp3) is 0.409. The maximum Gasteiger partial charge on any atom is 0.350 e. The summed E-state index contributed by atoms with van der Waals surface area (Å²) in [7, 11) is 0. The molecule has 0 saturated carbocycles. The van der Waals surface area contributed by atoms with E-state index in [-0.39, 0.29) is 23.6 Å². The molecule has 0 spiro atoms. The smallest absolute Gasteiger partial charge is 0.340 e. The molecule has 1 saturated heterocycles. The average Bonchev–Trinajstić information content (AvgIpc) is 3.04. The molecule has 0 radical (unpaired) electrons. The Morgan fingerprint density at radius 3 is 2.55 bits per heavy atom. The number of pyridine rings is 1. The maximum absolute atomic E-state index is 12.8. The highest BCUT2D eigenvalue weighted by Gasteiger charge is 2.35. The van der Waals surface area contributed by atoms with Gasteiger partial charge in [-0.2, -0.15) is 0 Å². The van der Waals surface area contributed by atoms with Crippen molar-refractivity contribution in [2.75, 3.05) is 19.6 Å². The van der Waals surface area contributed by atoms with Gasteiger partial charge in [0.25, 0.3) is 0 Å². The normalized spacial score (nSPS) is 17.0. The summed E-state index contributed by atoms with van der Waals surface area (Å²) in [5, 5.41) is 4.31. The highest BCUT2D eigenvalue weighted by Crippen LogP contribution is 2.23. The van der Waals surface area contributed by atoms with Crippen LogP contribution in [0.15, 0.2) is 59.5 Å². The van der Waals surface area contributed by atoms with Crippen LogP contribution >= 0.6 is 0 Å². The number of benzene rings is 1. The van der Waals surface area contributed by atoms with E-state index >= 15 is 0 Å². The Labute approximate surface area is 170 Å². The van der Waals surface area contributed by atoms with E-state index in [0.29, 0.717) is 25.3 Å². The number of aromatic nitrogens is 3. The molecule has 3 aromatic rings. The standard InChI is InChI=1S/C22H27N5O2/c1-22(2)17-24(14-15-25(22)16-18-8-4-3-5-9-18)20(28)11-13-27-21(29)26-12-7-6-10-19(26)23-27/h3-10,12H,11,13-17H2,1-2H3. The average molecular weight is 393 g/mol. The van der Waals surface area contributed by atoms with E-state index in [2.05, 4.69) is 48.1 Å². The molecule has 1 aromatic carbocycles. The zero-order chi connectivity index (χ0) is 20.4. The second-order valence-electron chi connectivity index (χ2n) is 8.22. The zero-order valence-electron chi connectivity index (χ0n) is 17.0. The molecular weight excluding hydrogens is 366 g/mol. The monoisotopic (exact) mass is 393 g/mol. The molecule has 0 bridgehead atoms. The first-order valence-electron chi connectivity index (χ1n) is 10.0. The molecule has 1 fully saturated rings. The van der Waals surface area contributed by atoms with Crippen molar-refractivity contribution in [2.24, 2.45) is 0 Å². The fourth-order valence-electron chi connectivity index (χ4n) is 3.97. The van der Waals surface area contributed by atoms with Gasteiger partial charge in [0.05, 0.1) is 6.54 Å². The molecule has 7 nitrogen and oxygen atoms in total. The fourth-order valence-corrected chi connectivity index (χ4v) is 3.97. The second-order valence-corrected chi connectivity index (χ2v) is 8.22. The van der Waals surface area contributed by atoms with Crippen LogP contribution in [0.2, 0.25) is 0 Å². The van der Waals surface area contributed by atoms with Crippen LogP contribution in [0.25, 0.3) is 5.65 Å². The van der Waals surface area contributed by atoms with Gasteiger partial charge in [-0.15, -0.1) is 5.10 Å². The van der Waals surface area contributed by atoms with Crippen molar-refractivity contribution in [3.05, 3.63) is 70.8 Å². The summed E-state index contributed by atoms with van der Waals surface area (Å²) in [5.74, 6) is 0.0707. The number of nitrogens with zero attached hydrogens (tertiary/aromatic N) is 5. The van der Waals surface area contributed by atoms with E-state index in [4.69, 9.17) is 0 Å². The summed E-state index contributed by atoms with van der Waals surface area (Å²) in [6.45, 7) is 7.76. The molecule has 0 unspecified atom stereocenters. The van der Waals surface area contributed by atoms with Gasteiger partial charge in [0.2, 0.25) is 5.91 Å². The van der Waals surface area contributed by atoms with Gasteiger partial charge in [0.1, 0.15) is 0 Å². The van der Waals surface area contributed by atoms with Crippen LogP contribution in [0.4, 0.5) is 0 Å². The summed E-state index contributed by atoms with van der Waals surface area (Å²) < 4.78 is 2.87. The molecule has 7 heteroatoms. The van der Waals surface area contributed by atoms with Crippen LogP contribution in [-0.2, 0) is 17.9 Å². The Balaban J connectivity index is 1.37. The minimum absolute atomic E-state index is 0.0707. The molecule has 4 rings (SSSR count). The van der Waals surface area contributed by atoms with E-state index in [1.807, 2.05) is 17.0 Å². The van der Waals surface area contributed by atoms with Gasteiger partial charge in [-0.05, 0) is 31.5 Å². The molecule has 3 heterocycles. The van der Waals surface area contributed by atoms with Crippen LogP contribution in [-0.4, -0.2) is 55.1 Å². The first kappa shape index (κ1) is 19.4. The van der Waals surface area contributed by atoms with Crippen molar-refractivity contribution in [3.8, 4) is 0 Å². The summed E-state index contributed by atoms with van der Waals surface area (Å²) >= 11 is 0. The predicted molar refractivity (Wildman–Crippen MR) is 112 cm³/mol. The van der Waals surface area contributed by atoms with Crippen LogP contribution in [0.1, 0.15) is 25.8 Å². The van der Waals surface area contributed by atoms with Crippen molar-refractivity contribution in [2.45, 2.75) is 38.9 Å². The van der Waals surface area contributed by atoms with Gasteiger partial charge >= 0.3 is 5.69 Å². The molecule has 1 aliphatic heterocycles. The summed E-state index contributed by atoms with van der Waals surface area (Å²) in [5.41, 5.74) is 1.57. The lowest BCUT2D eigenvalue weighted by molar-refractivity contribution is -0.136. The summed E-state index contributed by atoms with van der Waals surface area (Å²) in [6.07, 6.45) is 1.97. The van der Waals surface area contributed by atoms with E-state index in [1.165, 1.54) is 14.6 Å². The van der Waals surface area contributed by atoms with Crippen molar-refractivity contribution in [1.29, 1.82) is 0 Å². The minimum atomic E-state index is -0.207. The van der Waals surface area contributed by atoms with E-state index in [0.717, 1.165) is 13.1 Å². The molecule has 2 aromatic heterocycles. The Hall–Kier alpha value is -2.93. The second kappa shape index (κ2) is 7.83. The third-order valence-electron chi connectivity index (χ3n) is 5.67. The molecule has 1 aliphatic rings. The SMILES string of the molecule is CC1(C)CN(C(=O)CCn2nc3ccccn3c2=O)CCN1Cc1ccccc1. The molecule has 29 heavy (non-hydrogen) atoms. The van der Waals surface area contributed by atoms with Gasteiger partial charge in [0.15, 0.2) is 5.65 Å². The quantitative estimate of drug-likeness (QED) is 0.665. The molecule has 1 amide bonds. The Morgan fingerprint density at radius 2 is 1.83 bits per heavy atom. The highest BCUT2D eigenvalue weighted by atomic mass is 16.2. The minimum Gasteiger partial charge on any atom is -0.340 e. The summed E-state index contributed by atoms with van der Waals surface area (Å²) in [4.78, 5) is 29.5. The van der Waals surface area contributed by atoms with Crippen molar-refractivity contribution in [3.63, 3.8) is 0 Å². The maximum atomic E-state index is 12.8. The number of hydrogen-bond donors (Lipinski definition) is 0.